The summed E-state index contributed by atoms with van der Waals surface area (Å²) in [7, 11) is 3.62. The van der Waals surface area contributed by atoms with Crippen molar-refractivity contribution in [2.75, 3.05) is 40.3 Å². The standard InChI is InChI=1S/C15H21N5O/c1-19(2)15(21)14(20-7-5-16-6-8-20)11-3-4-12-13(9-11)18-10-17-12/h3-4,9-10,14,16H,5-8H2,1-2H3,(H,17,18). The number of benzene rings is 1. The topological polar surface area (TPSA) is 64.3 Å². The molecule has 1 fully saturated rings. The zero-order valence-electron chi connectivity index (χ0n) is 12.5. The number of nitrogens with zero attached hydrogens (tertiary/aromatic N) is 3. The van der Waals surface area contributed by atoms with Crippen LogP contribution in [0.1, 0.15) is 11.6 Å². The number of carbonyl (C=O) groups is 1. The van der Waals surface area contributed by atoms with Crippen molar-refractivity contribution in [3.8, 4) is 0 Å². The van der Waals surface area contributed by atoms with Crippen molar-refractivity contribution in [2.45, 2.75) is 6.04 Å². The molecule has 2 heterocycles. The molecule has 1 aromatic carbocycles. The van der Waals surface area contributed by atoms with E-state index in [-0.39, 0.29) is 11.9 Å². The average Bonchev–Trinajstić information content (AvgIpc) is 2.96. The maximum Gasteiger partial charge on any atom is 0.244 e. The molecule has 0 radical (unpaired) electrons. The van der Waals surface area contributed by atoms with E-state index in [1.807, 2.05) is 32.3 Å². The summed E-state index contributed by atoms with van der Waals surface area (Å²) in [4.78, 5) is 23.9. The smallest absolute Gasteiger partial charge is 0.244 e. The number of carbonyl (C=O) groups excluding carboxylic acids is 1. The first-order chi connectivity index (χ1) is 10.2. The molecule has 1 amide bonds. The first kappa shape index (κ1) is 14.0. The number of likely N-dealkylation sites (N-methyl/N-ethyl adjacent to an activating group) is 1. The van der Waals surface area contributed by atoms with Gasteiger partial charge in [0, 0.05) is 40.3 Å². The van der Waals surface area contributed by atoms with Gasteiger partial charge in [0.2, 0.25) is 5.91 Å². The Bertz CT molecular complexity index is 630. The number of rotatable bonds is 3. The fourth-order valence-electron chi connectivity index (χ4n) is 2.82. The Morgan fingerprint density at radius 1 is 1.33 bits per heavy atom. The third-order valence-electron chi connectivity index (χ3n) is 3.95. The Morgan fingerprint density at radius 3 is 2.81 bits per heavy atom. The Kier molecular flexibility index (Phi) is 3.90. The summed E-state index contributed by atoms with van der Waals surface area (Å²) in [6.45, 7) is 3.60. The van der Waals surface area contributed by atoms with E-state index in [2.05, 4.69) is 20.2 Å². The molecule has 0 bridgehead atoms. The van der Waals surface area contributed by atoms with Gasteiger partial charge in [-0.15, -0.1) is 0 Å². The Hall–Kier alpha value is -1.92. The molecular formula is C15H21N5O. The lowest BCUT2D eigenvalue weighted by molar-refractivity contribution is -0.135. The van der Waals surface area contributed by atoms with E-state index < -0.39 is 0 Å². The summed E-state index contributed by atoms with van der Waals surface area (Å²) in [6.07, 6.45) is 1.68. The molecule has 0 spiro atoms. The highest BCUT2D eigenvalue weighted by atomic mass is 16.2. The molecule has 112 valence electrons. The van der Waals surface area contributed by atoms with Gasteiger partial charge >= 0.3 is 0 Å². The molecule has 3 rings (SSSR count). The lowest BCUT2D eigenvalue weighted by Gasteiger charge is -2.35. The minimum absolute atomic E-state index is 0.121. The van der Waals surface area contributed by atoms with Crippen LogP contribution in [-0.4, -0.2) is 65.9 Å². The van der Waals surface area contributed by atoms with Crippen molar-refractivity contribution in [3.05, 3.63) is 30.1 Å². The summed E-state index contributed by atoms with van der Waals surface area (Å²) in [5.74, 6) is 0.121. The van der Waals surface area contributed by atoms with Crippen molar-refractivity contribution in [1.82, 2.24) is 25.1 Å². The van der Waals surface area contributed by atoms with E-state index >= 15 is 0 Å². The van der Waals surface area contributed by atoms with E-state index in [1.54, 1.807) is 11.2 Å². The highest BCUT2D eigenvalue weighted by Gasteiger charge is 2.30. The number of hydrogen-bond acceptors (Lipinski definition) is 4. The summed E-state index contributed by atoms with van der Waals surface area (Å²) >= 11 is 0. The number of H-pyrrole nitrogens is 1. The molecule has 21 heavy (non-hydrogen) atoms. The second-order valence-electron chi connectivity index (χ2n) is 5.60. The molecule has 2 N–H and O–H groups in total. The summed E-state index contributed by atoms with van der Waals surface area (Å²) in [5.41, 5.74) is 2.92. The molecule has 1 aromatic heterocycles. The number of fused-ring (bicyclic) bond motifs is 1. The van der Waals surface area contributed by atoms with Crippen molar-refractivity contribution < 1.29 is 4.79 Å². The first-order valence-electron chi connectivity index (χ1n) is 7.26. The van der Waals surface area contributed by atoms with Crippen LogP contribution in [0.3, 0.4) is 0 Å². The van der Waals surface area contributed by atoms with Crippen molar-refractivity contribution in [3.63, 3.8) is 0 Å². The van der Waals surface area contributed by atoms with E-state index in [0.29, 0.717) is 0 Å². The molecule has 1 atom stereocenters. The van der Waals surface area contributed by atoms with Crippen molar-refractivity contribution in [2.24, 2.45) is 0 Å². The van der Waals surface area contributed by atoms with Crippen LogP contribution in [0.5, 0.6) is 0 Å². The maximum absolute atomic E-state index is 12.7. The van der Waals surface area contributed by atoms with Crippen LogP contribution in [0.4, 0.5) is 0 Å². The quantitative estimate of drug-likeness (QED) is 0.867. The van der Waals surface area contributed by atoms with Gasteiger partial charge in [-0.05, 0) is 17.7 Å². The Labute approximate surface area is 124 Å². The number of imidazole rings is 1. The SMILES string of the molecule is CN(C)C(=O)C(c1ccc2nc[nH]c2c1)N1CCNCC1. The molecule has 1 aliphatic rings. The van der Waals surface area contributed by atoms with Crippen LogP contribution in [-0.2, 0) is 4.79 Å². The van der Waals surface area contributed by atoms with E-state index in [4.69, 9.17) is 0 Å². The van der Waals surface area contributed by atoms with Gasteiger partial charge in [0.25, 0.3) is 0 Å². The average molecular weight is 287 g/mol. The third-order valence-corrected chi connectivity index (χ3v) is 3.95. The summed E-state index contributed by atoms with van der Waals surface area (Å²) in [5, 5.41) is 3.33. The lowest BCUT2D eigenvalue weighted by atomic mass is 10.0. The van der Waals surface area contributed by atoms with Crippen LogP contribution in [0, 0.1) is 0 Å². The number of aromatic amines is 1. The summed E-state index contributed by atoms with van der Waals surface area (Å²) < 4.78 is 0. The second-order valence-corrected chi connectivity index (χ2v) is 5.60. The minimum atomic E-state index is -0.227. The van der Waals surface area contributed by atoms with Crippen LogP contribution >= 0.6 is 0 Å². The lowest BCUT2D eigenvalue weighted by Crippen LogP contribution is -2.49. The number of amides is 1. The number of nitrogens with one attached hydrogen (secondary N) is 2. The fourth-order valence-corrected chi connectivity index (χ4v) is 2.82. The van der Waals surface area contributed by atoms with E-state index in [1.165, 1.54) is 0 Å². The van der Waals surface area contributed by atoms with Crippen LogP contribution < -0.4 is 5.32 Å². The van der Waals surface area contributed by atoms with Crippen LogP contribution in [0.2, 0.25) is 0 Å². The molecule has 1 saturated heterocycles. The van der Waals surface area contributed by atoms with Gasteiger partial charge in [0.15, 0.2) is 0 Å². The Balaban J connectivity index is 1.98. The van der Waals surface area contributed by atoms with Crippen molar-refractivity contribution in [1.29, 1.82) is 0 Å². The van der Waals surface area contributed by atoms with Crippen molar-refractivity contribution >= 4 is 16.9 Å². The van der Waals surface area contributed by atoms with Gasteiger partial charge in [-0.3, -0.25) is 9.69 Å². The van der Waals surface area contributed by atoms with Crippen LogP contribution in [0.25, 0.3) is 11.0 Å². The molecule has 1 aliphatic heterocycles. The number of hydrogen-bond donors (Lipinski definition) is 2. The van der Waals surface area contributed by atoms with E-state index in [0.717, 1.165) is 42.8 Å². The summed E-state index contributed by atoms with van der Waals surface area (Å²) in [6, 6.07) is 5.79. The second kappa shape index (κ2) is 5.83. The van der Waals surface area contributed by atoms with Gasteiger partial charge in [0.05, 0.1) is 17.4 Å². The predicted molar refractivity (Wildman–Crippen MR) is 82.0 cm³/mol. The van der Waals surface area contributed by atoms with Gasteiger partial charge in [0.1, 0.15) is 6.04 Å². The van der Waals surface area contributed by atoms with E-state index in [9.17, 15) is 4.79 Å². The number of piperazine rings is 1. The highest BCUT2D eigenvalue weighted by molar-refractivity contribution is 5.85. The molecule has 2 aromatic rings. The predicted octanol–water partition coefficient (Wildman–Crippen LogP) is 0.597. The van der Waals surface area contributed by atoms with Gasteiger partial charge < -0.3 is 15.2 Å². The largest absolute Gasteiger partial charge is 0.347 e. The first-order valence-corrected chi connectivity index (χ1v) is 7.26. The normalized spacial score (nSPS) is 17.8. The molecule has 1 unspecified atom stereocenters. The molecule has 0 aliphatic carbocycles. The Morgan fingerprint density at radius 2 is 2.10 bits per heavy atom. The van der Waals surface area contributed by atoms with Gasteiger partial charge in [-0.1, -0.05) is 6.07 Å². The van der Waals surface area contributed by atoms with Gasteiger partial charge in [-0.25, -0.2) is 4.98 Å². The molecule has 6 heteroatoms. The molecular weight excluding hydrogens is 266 g/mol. The molecule has 6 nitrogen and oxygen atoms in total. The third kappa shape index (κ3) is 2.77. The number of aromatic nitrogens is 2. The van der Waals surface area contributed by atoms with Gasteiger partial charge in [-0.2, -0.15) is 0 Å². The zero-order chi connectivity index (χ0) is 14.8. The fraction of sp³-hybridized carbons (Fsp3) is 0.467. The zero-order valence-corrected chi connectivity index (χ0v) is 12.5. The minimum Gasteiger partial charge on any atom is -0.347 e. The van der Waals surface area contributed by atoms with Crippen LogP contribution in [0.15, 0.2) is 24.5 Å². The molecule has 0 saturated carbocycles. The monoisotopic (exact) mass is 287 g/mol. The highest BCUT2D eigenvalue weighted by Crippen LogP contribution is 2.25. The maximum atomic E-state index is 12.7.